The molecule has 1 aromatic heterocycles. The maximum atomic E-state index is 14.1. The Labute approximate surface area is 247 Å². The van der Waals surface area contributed by atoms with Crippen molar-refractivity contribution in [1.29, 1.82) is 0 Å². The fourth-order valence-corrected chi connectivity index (χ4v) is 6.43. The lowest BCUT2D eigenvalue weighted by Gasteiger charge is -2.21. The summed E-state index contributed by atoms with van der Waals surface area (Å²) < 4.78 is 118. The Hall–Kier alpha value is -3.46. The molecule has 0 aliphatic carbocycles. The number of alkyl halides is 6. The number of fused-ring (bicyclic) bond motifs is 1. The smallest absolute Gasteiger partial charge is 0.417 e. The number of hydrogen-bond donors (Lipinski definition) is 1. The SMILES string of the molecule is CS(=O)(=O)CCCOc1cc(C(F)(F)F)c(-c2cccc(COc3cc4c(cn3)C(CC(=O)O)CS4)c2)c(C(F)(F)F)c1. The summed E-state index contributed by atoms with van der Waals surface area (Å²) in [4.78, 5) is 16.0. The predicted octanol–water partition coefficient (Wildman–Crippen LogP) is 6.84. The molecule has 1 aliphatic rings. The largest absolute Gasteiger partial charge is 0.494 e. The third kappa shape index (κ3) is 8.56. The molecule has 0 saturated heterocycles. The number of benzene rings is 2. The normalized spacial score (nSPS) is 15.3. The zero-order valence-electron chi connectivity index (χ0n) is 22.5. The number of ether oxygens (including phenoxy) is 2. The monoisotopic (exact) mass is 649 g/mol. The minimum absolute atomic E-state index is 0.0508. The molecule has 0 bridgehead atoms. The molecule has 0 saturated carbocycles. The van der Waals surface area contributed by atoms with Crippen molar-refractivity contribution in [3.05, 3.63) is 70.9 Å². The summed E-state index contributed by atoms with van der Waals surface area (Å²) in [6.07, 6.45) is -8.08. The van der Waals surface area contributed by atoms with Gasteiger partial charge < -0.3 is 14.6 Å². The van der Waals surface area contributed by atoms with Crippen molar-refractivity contribution in [3.63, 3.8) is 0 Å². The van der Waals surface area contributed by atoms with Crippen LogP contribution in [0.3, 0.4) is 0 Å². The maximum absolute atomic E-state index is 14.1. The van der Waals surface area contributed by atoms with Gasteiger partial charge in [0.25, 0.3) is 0 Å². The van der Waals surface area contributed by atoms with Crippen LogP contribution in [0.2, 0.25) is 0 Å². The third-order valence-electron chi connectivity index (χ3n) is 6.42. The lowest BCUT2D eigenvalue weighted by molar-refractivity contribution is -0.142. The van der Waals surface area contributed by atoms with Crippen molar-refractivity contribution < 1.29 is 54.1 Å². The van der Waals surface area contributed by atoms with E-state index in [9.17, 15) is 39.6 Å². The Morgan fingerprint density at radius 1 is 1.05 bits per heavy atom. The van der Waals surface area contributed by atoms with Crippen molar-refractivity contribution in [2.45, 2.75) is 42.6 Å². The molecule has 232 valence electrons. The molecule has 15 heteroatoms. The van der Waals surface area contributed by atoms with Gasteiger partial charge in [-0.25, -0.2) is 13.4 Å². The lowest BCUT2D eigenvalue weighted by atomic mass is 9.92. The van der Waals surface area contributed by atoms with Crippen molar-refractivity contribution in [2.75, 3.05) is 24.4 Å². The molecule has 0 spiro atoms. The van der Waals surface area contributed by atoms with E-state index >= 15 is 0 Å². The van der Waals surface area contributed by atoms with E-state index < -0.39 is 57.2 Å². The standard InChI is InChI=1S/C28H25F6NO6S2/c1-43(38,39)7-3-6-40-19-10-21(27(29,30)31)26(22(11-19)28(32,33)34)17-5-2-4-16(8-17)14-41-24-12-23-20(13-35-24)18(15-42-23)9-25(36)37/h2,4-5,8,10-13,18H,3,6-7,9,14-15H2,1H3,(H,36,37). The third-order valence-corrected chi connectivity index (χ3v) is 8.69. The molecular formula is C28H25F6NO6S2. The fourth-order valence-electron chi connectivity index (χ4n) is 4.54. The van der Waals surface area contributed by atoms with Crippen LogP contribution in [0, 0.1) is 0 Å². The highest BCUT2D eigenvalue weighted by molar-refractivity contribution is 7.99. The van der Waals surface area contributed by atoms with E-state index in [1.807, 2.05) is 0 Å². The highest BCUT2D eigenvalue weighted by atomic mass is 32.2. The number of hydrogen-bond acceptors (Lipinski definition) is 7. The van der Waals surface area contributed by atoms with Gasteiger partial charge in [-0.2, -0.15) is 26.3 Å². The highest BCUT2D eigenvalue weighted by Crippen LogP contribution is 2.47. The molecule has 0 radical (unpaired) electrons. The number of carboxylic acid groups (broad SMARTS) is 1. The van der Waals surface area contributed by atoms with E-state index in [2.05, 4.69) is 4.98 Å². The van der Waals surface area contributed by atoms with Gasteiger partial charge in [0.1, 0.15) is 22.2 Å². The number of thioether (sulfide) groups is 1. The second-order valence-corrected chi connectivity index (χ2v) is 13.2. The van der Waals surface area contributed by atoms with Gasteiger partial charge in [-0.15, -0.1) is 11.8 Å². The average Bonchev–Trinajstić information content (AvgIpc) is 3.29. The number of carbonyl (C=O) groups is 1. The first-order valence-corrected chi connectivity index (χ1v) is 15.8. The van der Waals surface area contributed by atoms with Gasteiger partial charge in [-0.3, -0.25) is 4.79 Å². The molecule has 1 unspecified atom stereocenters. The zero-order chi connectivity index (χ0) is 31.6. The molecule has 0 amide bonds. The van der Waals surface area contributed by atoms with Crippen LogP contribution in [-0.4, -0.2) is 48.8 Å². The summed E-state index contributed by atoms with van der Waals surface area (Å²) in [6.45, 7) is -0.615. The minimum atomic E-state index is -5.18. The van der Waals surface area contributed by atoms with E-state index in [0.717, 1.165) is 28.8 Å². The van der Waals surface area contributed by atoms with E-state index in [-0.39, 0.29) is 48.1 Å². The summed E-state index contributed by atoms with van der Waals surface area (Å²) in [5.74, 6) is -1.45. The summed E-state index contributed by atoms with van der Waals surface area (Å²) in [5, 5.41) is 9.07. The fraction of sp³-hybridized carbons (Fsp3) is 0.357. The average molecular weight is 650 g/mol. The van der Waals surface area contributed by atoms with Gasteiger partial charge in [0, 0.05) is 40.6 Å². The Kier molecular flexibility index (Phi) is 9.54. The summed E-state index contributed by atoms with van der Waals surface area (Å²) in [7, 11) is -3.39. The van der Waals surface area contributed by atoms with Gasteiger partial charge in [-0.05, 0) is 41.3 Å². The first-order valence-electron chi connectivity index (χ1n) is 12.7. The van der Waals surface area contributed by atoms with E-state index in [1.165, 1.54) is 30.1 Å². The molecule has 0 fully saturated rings. The first kappa shape index (κ1) is 32.5. The molecule has 2 heterocycles. The number of aliphatic carboxylic acids is 1. The van der Waals surface area contributed by atoms with Crippen LogP contribution >= 0.6 is 11.8 Å². The lowest BCUT2D eigenvalue weighted by Crippen LogP contribution is -2.16. The molecule has 43 heavy (non-hydrogen) atoms. The van der Waals surface area contributed by atoms with Crippen LogP contribution in [0.15, 0.2) is 53.6 Å². The number of aromatic nitrogens is 1. The highest BCUT2D eigenvalue weighted by Gasteiger charge is 2.42. The molecule has 2 aromatic carbocycles. The second kappa shape index (κ2) is 12.6. The topological polar surface area (TPSA) is 103 Å². The van der Waals surface area contributed by atoms with Gasteiger partial charge in [0.15, 0.2) is 0 Å². The van der Waals surface area contributed by atoms with E-state index in [4.69, 9.17) is 14.6 Å². The van der Waals surface area contributed by atoms with Gasteiger partial charge >= 0.3 is 18.3 Å². The van der Waals surface area contributed by atoms with Crippen LogP contribution in [0.25, 0.3) is 11.1 Å². The van der Waals surface area contributed by atoms with Gasteiger partial charge in [0.2, 0.25) is 5.88 Å². The molecule has 3 aromatic rings. The van der Waals surface area contributed by atoms with Crippen LogP contribution < -0.4 is 9.47 Å². The Morgan fingerprint density at radius 2 is 1.72 bits per heavy atom. The van der Waals surface area contributed by atoms with Crippen molar-refractivity contribution >= 4 is 27.6 Å². The van der Waals surface area contributed by atoms with Crippen LogP contribution in [0.1, 0.15) is 41.0 Å². The quantitative estimate of drug-likeness (QED) is 0.178. The van der Waals surface area contributed by atoms with Crippen molar-refractivity contribution in [3.8, 4) is 22.8 Å². The molecule has 1 atom stereocenters. The van der Waals surface area contributed by atoms with Gasteiger partial charge in [-0.1, -0.05) is 18.2 Å². The molecule has 7 nitrogen and oxygen atoms in total. The Balaban J connectivity index is 1.61. The number of pyridine rings is 1. The van der Waals surface area contributed by atoms with Crippen LogP contribution in [-0.2, 0) is 33.6 Å². The molecular weight excluding hydrogens is 624 g/mol. The summed E-state index contributed by atoms with van der Waals surface area (Å²) in [6, 6.07) is 7.64. The number of sulfone groups is 1. The van der Waals surface area contributed by atoms with E-state index in [0.29, 0.717) is 17.9 Å². The minimum Gasteiger partial charge on any atom is -0.494 e. The molecule has 1 N–H and O–H groups in total. The van der Waals surface area contributed by atoms with Crippen LogP contribution in [0.4, 0.5) is 26.3 Å². The summed E-state index contributed by atoms with van der Waals surface area (Å²) >= 11 is 1.44. The van der Waals surface area contributed by atoms with Crippen LogP contribution in [0.5, 0.6) is 11.6 Å². The maximum Gasteiger partial charge on any atom is 0.417 e. The van der Waals surface area contributed by atoms with E-state index in [1.54, 1.807) is 6.07 Å². The summed E-state index contributed by atoms with van der Waals surface area (Å²) in [5.41, 5.74) is -3.51. The number of rotatable bonds is 11. The van der Waals surface area contributed by atoms with Crippen molar-refractivity contribution in [2.24, 2.45) is 0 Å². The number of halogens is 6. The number of carboxylic acids is 1. The molecule has 1 aliphatic heterocycles. The first-order chi connectivity index (χ1) is 20.0. The zero-order valence-corrected chi connectivity index (χ0v) is 24.1. The number of nitrogens with zero attached hydrogens (tertiary/aromatic N) is 1. The second-order valence-electron chi connectivity index (χ2n) is 9.88. The Bertz CT molecular complexity index is 1570. The van der Waals surface area contributed by atoms with Gasteiger partial charge in [0.05, 0.1) is 29.9 Å². The van der Waals surface area contributed by atoms with Crippen molar-refractivity contribution in [1.82, 2.24) is 4.98 Å². The molecule has 4 rings (SSSR count). The predicted molar refractivity (Wildman–Crippen MR) is 146 cm³/mol. The Morgan fingerprint density at radius 3 is 2.33 bits per heavy atom.